The van der Waals surface area contributed by atoms with Crippen LogP contribution in [0.2, 0.25) is 0 Å². The van der Waals surface area contributed by atoms with Crippen LogP contribution < -0.4 is 10.5 Å². The molecule has 0 heterocycles. The van der Waals surface area contributed by atoms with Gasteiger partial charge in [0.15, 0.2) is 0 Å². The molecule has 1 aromatic carbocycles. The number of hydrogen-bond donors (Lipinski definition) is 2. The van der Waals surface area contributed by atoms with Crippen molar-refractivity contribution >= 4 is 10.0 Å². The first-order valence-corrected chi connectivity index (χ1v) is 8.36. The number of sulfonamides is 1. The van der Waals surface area contributed by atoms with Crippen LogP contribution in [0.25, 0.3) is 0 Å². The number of benzene rings is 1. The molecule has 108 valence electrons. The van der Waals surface area contributed by atoms with E-state index in [9.17, 15) is 8.42 Å². The Morgan fingerprint density at radius 3 is 2.32 bits per heavy atom. The molecule has 0 atom stereocenters. The highest BCUT2D eigenvalue weighted by atomic mass is 32.2. The second kappa shape index (κ2) is 7.62. The molecular weight excluding hydrogens is 260 g/mol. The Labute approximate surface area is 116 Å². The van der Waals surface area contributed by atoms with E-state index in [-0.39, 0.29) is 5.75 Å². The van der Waals surface area contributed by atoms with E-state index in [1.807, 2.05) is 24.3 Å². The average Bonchev–Trinajstić information content (AvgIpc) is 2.37. The number of nitrogens with two attached hydrogens (primary N) is 1. The molecule has 0 saturated heterocycles. The van der Waals surface area contributed by atoms with Gasteiger partial charge in [-0.05, 0) is 36.4 Å². The molecule has 0 aliphatic carbocycles. The molecule has 0 fully saturated rings. The molecule has 0 bridgehead atoms. The van der Waals surface area contributed by atoms with Crippen molar-refractivity contribution in [3.63, 3.8) is 0 Å². The molecule has 1 rings (SSSR count). The van der Waals surface area contributed by atoms with Crippen molar-refractivity contribution in [1.29, 1.82) is 0 Å². The van der Waals surface area contributed by atoms with Gasteiger partial charge in [-0.15, -0.1) is 0 Å². The van der Waals surface area contributed by atoms with Crippen molar-refractivity contribution in [3.8, 4) is 0 Å². The standard InChI is InChI=1S/C14H24N2O2S/c1-12(2)14-7-5-13(6-8-14)11-16-19(17,18)10-4-3-9-15/h5-8,12,16H,3-4,9-11,15H2,1-2H3. The molecule has 0 radical (unpaired) electrons. The van der Waals surface area contributed by atoms with Crippen LogP contribution in [0.1, 0.15) is 43.7 Å². The molecule has 0 amide bonds. The van der Waals surface area contributed by atoms with E-state index in [0.29, 0.717) is 25.4 Å². The number of unbranched alkanes of at least 4 members (excludes halogenated alkanes) is 1. The largest absolute Gasteiger partial charge is 0.330 e. The number of hydrogen-bond acceptors (Lipinski definition) is 3. The molecule has 0 aliphatic heterocycles. The van der Waals surface area contributed by atoms with Crippen molar-refractivity contribution in [1.82, 2.24) is 4.72 Å². The fourth-order valence-electron chi connectivity index (χ4n) is 1.72. The highest BCUT2D eigenvalue weighted by molar-refractivity contribution is 7.89. The monoisotopic (exact) mass is 284 g/mol. The fraction of sp³-hybridized carbons (Fsp3) is 0.571. The van der Waals surface area contributed by atoms with E-state index >= 15 is 0 Å². The predicted molar refractivity (Wildman–Crippen MR) is 79.4 cm³/mol. The van der Waals surface area contributed by atoms with Crippen LogP contribution in [0.5, 0.6) is 0 Å². The molecule has 19 heavy (non-hydrogen) atoms. The lowest BCUT2D eigenvalue weighted by atomic mass is 10.0. The molecule has 3 N–H and O–H groups in total. The van der Waals surface area contributed by atoms with E-state index in [1.54, 1.807) is 0 Å². The fourth-order valence-corrected chi connectivity index (χ4v) is 2.84. The van der Waals surface area contributed by atoms with Gasteiger partial charge in [0.05, 0.1) is 5.75 Å². The Morgan fingerprint density at radius 2 is 1.79 bits per heavy atom. The minimum atomic E-state index is -3.18. The van der Waals surface area contributed by atoms with Crippen molar-refractivity contribution in [2.45, 2.75) is 39.2 Å². The lowest BCUT2D eigenvalue weighted by Crippen LogP contribution is -2.26. The van der Waals surface area contributed by atoms with E-state index in [2.05, 4.69) is 18.6 Å². The number of nitrogens with one attached hydrogen (secondary N) is 1. The van der Waals surface area contributed by atoms with Crippen molar-refractivity contribution in [2.24, 2.45) is 5.73 Å². The molecule has 1 aromatic rings. The molecule has 0 aromatic heterocycles. The summed E-state index contributed by atoms with van der Waals surface area (Å²) in [5, 5.41) is 0. The van der Waals surface area contributed by atoms with Gasteiger partial charge in [-0.25, -0.2) is 13.1 Å². The average molecular weight is 284 g/mol. The number of rotatable bonds is 8. The Bertz CT molecular complexity index is 467. The summed E-state index contributed by atoms with van der Waals surface area (Å²) in [5.74, 6) is 0.635. The molecule has 4 nitrogen and oxygen atoms in total. The minimum absolute atomic E-state index is 0.147. The Balaban J connectivity index is 2.47. The van der Waals surface area contributed by atoms with E-state index in [4.69, 9.17) is 5.73 Å². The van der Waals surface area contributed by atoms with Crippen LogP contribution in [0.3, 0.4) is 0 Å². The summed E-state index contributed by atoms with van der Waals surface area (Å²) >= 11 is 0. The highest BCUT2D eigenvalue weighted by Crippen LogP contribution is 2.14. The Morgan fingerprint density at radius 1 is 1.16 bits per heavy atom. The second-order valence-corrected chi connectivity index (χ2v) is 6.96. The van der Waals surface area contributed by atoms with Gasteiger partial charge < -0.3 is 5.73 Å². The smallest absolute Gasteiger partial charge is 0.211 e. The molecular formula is C14H24N2O2S. The summed E-state index contributed by atoms with van der Waals surface area (Å²) in [6.45, 7) is 5.15. The maximum absolute atomic E-state index is 11.7. The normalized spacial score (nSPS) is 12.0. The summed E-state index contributed by atoms with van der Waals surface area (Å²) in [6.07, 6.45) is 1.35. The highest BCUT2D eigenvalue weighted by Gasteiger charge is 2.09. The zero-order valence-electron chi connectivity index (χ0n) is 11.7. The summed E-state index contributed by atoms with van der Waals surface area (Å²) in [5.41, 5.74) is 7.58. The van der Waals surface area contributed by atoms with Gasteiger partial charge in [-0.1, -0.05) is 38.1 Å². The summed E-state index contributed by atoms with van der Waals surface area (Å²) in [4.78, 5) is 0. The van der Waals surface area contributed by atoms with E-state index in [0.717, 1.165) is 12.0 Å². The molecule has 0 spiro atoms. The third-order valence-electron chi connectivity index (χ3n) is 3.01. The first-order valence-electron chi connectivity index (χ1n) is 6.71. The zero-order chi connectivity index (χ0) is 14.3. The predicted octanol–water partition coefficient (Wildman–Crippen LogP) is 1.97. The summed E-state index contributed by atoms with van der Waals surface area (Å²) in [6, 6.07) is 8.03. The first kappa shape index (κ1) is 16.1. The van der Waals surface area contributed by atoms with Crippen LogP contribution in [0.15, 0.2) is 24.3 Å². The summed E-state index contributed by atoms with van der Waals surface area (Å²) < 4.78 is 26.0. The van der Waals surface area contributed by atoms with Crippen LogP contribution in [0, 0.1) is 0 Å². The molecule has 5 heteroatoms. The molecule has 0 saturated carbocycles. The summed E-state index contributed by atoms with van der Waals surface area (Å²) in [7, 11) is -3.18. The third-order valence-corrected chi connectivity index (χ3v) is 4.42. The Hall–Kier alpha value is -0.910. The van der Waals surface area contributed by atoms with E-state index in [1.165, 1.54) is 5.56 Å². The van der Waals surface area contributed by atoms with Gasteiger partial charge in [-0.2, -0.15) is 0 Å². The van der Waals surface area contributed by atoms with E-state index < -0.39 is 10.0 Å². The quantitative estimate of drug-likeness (QED) is 0.717. The van der Waals surface area contributed by atoms with Gasteiger partial charge in [0.2, 0.25) is 10.0 Å². The van der Waals surface area contributed by atoms with Crippen LogP contribution in [-0.4, -0.2) is 20.7 Å². The van der Waals surface area contributed by atoms with Crippen molar-refractivity contribution in [3.05, 3.63) is 35.4 Å². The Kier molecular flexibility index (Phi) is 6.48. The molecule has 0 aliphatic rings. The van der Waals surface area contributed by atoms with Crippen LogP contribution in [-0.2, 0) is 16.6 Å². The first-order chi connectivity index (χ1) is 8.94. The van der Waals surface area contributed by atoms with Gasteiger partial charge in [0.25, 0.3) is 0 Å². The van der Waals surface area contributed by atoms with Crippen LogP contribution >= 0.6 is 0 Å². The zero-order valence-corrected chi connectivity index (χ0v) is 12.5. The molecule has 0 unspecified atom stereocenters. The maximum Gasteiger partial charge on any atom is 0.211 e. The SMILES string of the molecule is CC(C)c1ccc(CNS(=O)(=O)CCCCN)cc1. The van der Waals surface area contributed by atoms with Gasteiger partial charge in [-0.3, -0.25) is 0 Å². The lowest BCUT2D eigenvalue weighted by molar-refractivity contribution is 0.577. The lowest BCUT2D eigenvalue weighted by Gasteiger charge is -2.08. The second-order valence-electron chi connectivity index (χ2n) is 5.03. The van der Waals surface area contributed by atoms with Crippen molar-refractivity contribution < 1.29 is 8.42 Å². The minimum Gasteiger partial charge on any atom is -0.330 e. The van der Waals surface area contributed by atoms with Gasteiger partial charge in [0.1, 0.15) is 0 Å². The third kappa shape index (κ3) is 6.18. The maximum atomic E-state index is 11.7. The van der Waals surface area contributed by atoms with Crippen LogP contribution in [0.4, 0.5) is 0 Å². The topological polar surface area (TPSA) is 72.2 Å². The van der Waals surface area contributed by atoms with Crippen molar-refractivity contribution in [2.75, 3.05) is 12.3 Å². The van der Waals surface area contributed by atoms with Gasteiger partial charge in [0, 0.05) is 6.54 Å². The van der Waals surface area contributed by atoms with Gasteiger partial charge >= 0.3 is 0 Å².